The van der Waals surface area contributed by atoms with Crippen molar-refractivity contribution in [2.24, 2.45) is 0 Å². The lowest BCUT2D eigenvalue weighted by molar-refractivity contribution is 0.252. The molecule has 3 aromatic rings. The molecule has 6 nitrogen and oxygen atoms in total. The van der Waals surface area contributed by atoms with Crippen LogP contribution in [0.5, 0.6) is 5.75 Å². The van der Waals surface area contributed by atoms with Crippen molar-refractivity contribution in [2.75, 3.05) is 0 Å². The Balaban J connectivity index is 1.64. The minimum Gasteiger partial charge on any atom is -0.484 e. The molecule has 24 heavy (non-hydrogen) atoms. The third-order valence-corrected chi connectivity index (χ3v) is 3.79. The van der Waals surface area contributed by atoms with E-state index in [1.165, 1.54) is 30.6 Å². The van der Waals surface area contributed by atoms with E-state index in [0.717, 1.165) is 11.8 Å². The number of aromatic nitrogens is 4. The fourth-order valence-electron chi connectivity index (χ4n) is 1.80. The highest BCUT2D eigenvalue weighted by molar-refractivity contribution is 7.99. The monoisotopic (exact) mass is 350 g/mol. The quantitative estimate of drug-likeness (QED) is 0.631. The average molecular weight is 350 g/mol. The zero-order valence-electron chi connectivity index (χ0n) is 12.6. The summed E-state index contributed by atoms with van der Waals surface area (Å²) in [4.78, 5) is 7.74. The first-order valence-corrected chi connectivity index (χ1v) is 7.85. The van der Waals surface area contributed by atoms with Crippen molar-refractivity contribution in [3.05, 3.63) is 53.8 Å². The molecule has 0 amide bonds. The van der Waals surface area contributed by atoms with E-state index < -0.39 is 5.82 Å². The van der Waals surface area contributed by atoms with Gasteiger partial charge >= 0.3 is 0 Å². The Morgan fingerprint density at radius 3 is 2.67 bits per heavy atom. The molecule has 0 spiro atoms. The summed E-state index contributed by atoms with van der Waals surface area (Å²) < 4.78 is 37.7. The van der Waals surface area contributed by atoms with Gasteiger partial charge in [-0.3, -0.25) is 0 Å². The van der Waals surface area contributed by atoms with Crippen molar-refractivity contribution in [3.63, 3.8) is 0 Å². The zero-order valence-corrected chi connectivity index (χ0v) is 13.4. The van der Waals surface area contributed by atoms with Crippen molar-refractivity contribution in [3.8, 4) is 5.75 Å². The fourth-order valence-corrected chi connectivity index (χ4v) is 2.49. The largest absolute Gasteiger partial charge is 0.484 e. The molecule has 2 heterocycles. The van der Waals surface area contributed by atoms with Crippen LogP contribution in [0, 0.1) is 11.6 Å². The van der Waals surface area contributed by atoms with Gasteiger partial charge in [0.15, 0.2) is 12.4 Å². The van der Waals surface area contributed by atoms with Crippen LogP contribution in [0.2, 0.25) is 0 Å². The van der Waals surface area contributed by atoms with E-state index in [4.69, 9.17) is 9.15 Å². The number of hydrogen-bond donors (Lipinski definition) is 0. The summed E-state index contributed by atoms with van der Waals surface area (Å²) in [6.07, 6.45) is 1.75. The molecule has 0 aliphatic rings. The SMILES string of the molecule is CCc1ncnc(Sc2nnc(COc3ccc(F)cc3)o2)c1F. The third-order valence-electron chi connectivity index (χ3n) is 2.97. The Hall–Kier alpha value is -2.55. The van der Waals surface area contributed by atoms with Gasteiger partial charge in [0.1, 0.15) is 22.9 Å². The van der Waals surface area contributed by atoms with Crippen molar-refractivity contribution in [2.45, 2.75) is 30.2 Å². The maximum atomic E-state index is 14.1. The second-order valence-electron chi connectivity index (χ2n) is 4.60. The summed E-state index contributed by atoms with van der Waals surface area (Å²) >= 11 is 0.917. The molecule has 0 aliphatic heterocycles. The molecule has 0 bridgehead atoms. The van der Waals surface area contributed by atoms with Gasteiger partial charge in [0.2, 0.25) is 0 Å². The average Bonchev–Trinajstić information content (AvgIpc) is 3.04. The Bertz CT molecular complexity index is 827. The summed E-state index contributed by atoms with van der Waals surface area (Å²) in [6, 6.07) is 5.55. The second kappa shape index (κ2) is 7.35. The lowest BCUT2D eigenvalue weighted by Crippen LogP contribution is -1.97. The van der Waals surface area contributed by atoms with Gasteiger partial charge in [-0.05, 0) is 42.4 Å². The molecule has 124 valence electrons. The van der Waals surface area contributed by atoms with Crippen LogP contribution >= 0.6 is 11.8 Å². The predicted octanol–water partition coefficient (Wildman–Crippen LogP) is 3.43. The van der Waals surface area contributed by atoms with Gasteiger partial charge < -0.3 is 9.15 Å². The standard InChI is InChI=1S/C15H12F2N4O2S/c1-2-11-13(17)14(19-8-18-11)24-15-21-20-12(23-15)7-22-10-5-3-9(16)4-6-10/h3-6,8H,2,7H2,1H3. The van der Waals surface area contributed by atoms with E-state index in [2.05, 4.69) is 20.2 Å². The molecule has 0 atom stereocenters. The van der Waals surface area contributed by atoms with Crippen molar-refractivity contribution >= 4 is 11.8 Å². The summed E-state index contributed by atoms with van der Waals surface area (Å²) in [5.74, 6) is -0.158. The van der Waals surface area contributed by atoms with Crippen LogP contribution < -0.4 is 4.74 Å². The van der Waals surface area contributed by atoms with Gasteiger partial charge in [-0.1, -0.05) is 6.92 Å². The zero-order chi connectivity index (χ0) is 16.9. The fraction of sp³-hybridized carbons (Fsp3) is 0.200. The normalized spacial score (nSPS) is 10.8. The molecule has 0 unspecified atom stereocenters. The Morgan fingerprint density at radius 2 is 1.92 bits per heavy atom. The van der Waals surface area contributed by atoms with Crippen molar-refractivity contribution < 1.29 is 17.9 Å². The molecular weight excluding hydrogens is 338 g/mol. The van der Waals surface area contributed by atoms with Gasteiger partial charge in [-0.25, -0.2) is 18.7 Å². The van der Waals surface area contributed by atoms with E-state index >= 15 is 0 Å². The highest BCUT2D eigenvalue weighted by Gasteiger charge is 2.15. The molecule has 0 fully saturated rings. The van der Waals surface area contributed by atoms with Crippen LogP contribution in [0.1, 0.15) is 18.5 Å². The molecule has 3 rings (SSSR count). The Kier molecular flexibility index (Phi) is 4.99. The van der Waals surface area contributed by atoms with E-state index in [0.29, 0.717) is 17.9 Å². The molecule has 1 aromatic carbocycles. The summed E-state index contributed by atoms with van der Waals surface area (Å²) in [7, 11) is 0. The highest BCUT2D eigenvalue weighted by Crippen LogP contribution is 2.28. The van der Waals surface area contributed by atoms with Gasteiger partial charge in [-0.15, -0.1) is 10.2 Å². The van der Waals surface area contributed by atoms with E-state index in [-0.39, 0.29) is 28.6 Å². The number of rotatable bonds is 6. The second-order valence-corrected chi connectivity index (χ2v) is 5.54. The van der Waals surface area contributed by atoms with E-state index in [9.17, 15) is 8.78 Å². The number of aryl methyl sites for hydroxylation is 1. The summed E-state index contributed by atoms with van der Waals surface area (Å²) in [6.45, 7) is 1.82. The number of hydrogen-bond acceptors (Lipinski definition) is 7. The molecule has 0 radical (unpaired) electrons. The van der Waals surface area contributed by atoms with Crippen molar-refractivity contribution in [1.82, 2.24) is 20.2 Å². The Labute approximate surface area is 140 Å². The van der Waals surface area contributed by atoms with E-state index in [1.807, 2.05) is 0 Å². The first-order chi connectivity index (χ1) is 11.7. The van der Waals surface area contributed by atoms with Crippen LogP contribution in [0.3, 0.4) is 0 Å². The minimum absolute atomic E-state index is 0.0195. The van der Waals surface area contributed by atoms with Crippen LogP contribution in [0.4, 0.5) is 8.78 Å². The topological polar surface area (TPSA) is 73.9 Å². The smallest absolute Gasteiger partial charge is 0.283 e. The van der Waals surface area contributed by atoms with Crippen LogP contribution in [0.25, 0.3) is 0 Å². The van der Waals surface area contributed by atoms with Crippen molar-refractivity contribution in [1.29, 1.82) is 0 Å². The van der Waals surface area contributed by atoms with Gasteiger partial charge in [0.25, 0.3) is 11.1 Å². The molecule has 9 heteroatoms. The lowest BCUT2D eigenvalue weighted by Gasteiger charge is -2.02. The summed E-state index contributed by atoms with van der Waals surface area (Å²) in [5, 5.41) is 7.90. The predicted molar refractivity (Wildman–Crippen MR) is 80.5 cm³/mol. The van der Waals surface area contributed by atoms with Gasteiger partial charge in [0, 0.05) is 0 Å². The molecule has 0 aliphatic carbocycles. The molecular formula is C15H12F2N4O2S. The summed E-state index contributed by atoms with van der Waals surface area (Å²) in [5.41, 5.74) is 0.326. The molecule has 0 N–H and O–H groups in total. The molecule has 0 saturated carbocycles. The maximum Gasteiger partial charge on any atom is 0.283 e. The molecule has 2 aromatic heterocycles. The lowest BCUT2D eigenvalue weighted by atomic mass is 10.3. The Morgan fingerprint density at radius 1 is 1.12 bits per heavy atom. The first-order valence-electron chi connectivity index (χ1n) is 7.03. The number of benzene rings is 1. The van der Waals surface area contributed by atoms with Gasteiger partial charge in [-0.2, -0.15) is 0 Å². The molecule has 0 saturated heterocycles. The third kappa shape index (κ3) is 3.85. The van der Waals surface area contributed by atoms with Crippen LogP contribution in [-0.2, 0) is 13.0 Å². The first kappa shape index (κ1) is 16.3. The van der Waals surface area contributed by atoms with E-state index in [1.54, 1.807) is 6.92 Å². The van der Waals surface area contributed by atoms with Gasteiger partial charge in [0.05, 0.1) is 5.69 Å². The van der Waals surface area contributed by atoms with Crippen LogP contribution in [0.15, 0.2) is 45.3 Å². The minimum atomic E-state index is -0.493. The number of nitrogens with zero attached hydrogens (tertiary/aromatic N) is 4. The van der Waals surface area contributed by atoms with Crippen LogP contribution in [-0.4, -0.2) is 20.2 Å². The highest BCUT2D eigenvalue weighted by atomic mass is 32.2. The maximum absolute atomic E-state index is 14.1. The number of halogens is 2. The number of ether oxygens (including phenoxy) is 1.